The highest BCUT2D eigenvalue weighted by Gasteiger charge is 2.45. The summed E-state index contributed by atoms with van der Waals surface area (Å²) in [6.07, 6.45) is 4.71. The zero-order valence-corrected chi connectivity index (χ0v) is 15.1. The van der Waals surface area contributed by atoms with Crippen LogP contribution in [0, 0.1) is 18.3 Å². The average molecular weight is 382 g/mol. The third-order valence-corrected chi connectivity index (χ3v) is 6.27. The summed E-state index contributed by atoms with van der Waals surface area (Å²) in [6.45, 7) is 4.89. The molecule has 23 heavy (non-hydrogen) atoms. The SMILES string of the molecule is Cc1c(Br)cccc1OCC1CC2(CCN(CC(=O)O)CC2)C1. The van der Waals surface area contributed by atoms with Crippen LogP contribution in [0.15, 0.2) is 22.7 Å². The molecule has 3 rings (SSSR count). The van der Waals surface area contributed by atoms with E-state index in [4.69, 9.17) is 9.84 Å². The van der Waals surface area contributed by atoms with Gasteiger partial charge in [-0.25, -0.2) is 0 Å². The van der Waals surface area contributed by atoms with Gasteiger partial charge in [-0.1, -0.05) is 22.0 Å². The Hall–Kier alpha value is -1.07. The van der Waals surface area contributed by atoms with Crippen LogP contribution < -0.4 is 4.74 Å². The lowest BCUT2D eigenvalue weighted by Crippen LogP contribution is -2.49. The third kappa shape index (κ3) is 3.89. The molecule has 0 unspecified atom stereocenters. The summed E-state index contributed by atoms with van der Waals surface area (Å²) in [5, 5.41) is 8.87. The van der Waals surface area contributed by atoms with Crippen LogP contribution in [0.3, 0.4) is 0 Å². The molecule has 126 valence electrons. The van der Waals surface area contributed by atoms with E-state index in [0.29, 0.717) is 11.3 Å². The van der Waals surface area contributed by atoms with Crippen LogP contribution in [0.5, 0.6) is 5.75 Å². The number of benzene rings is 1. The van der Waals surface area contributed by atoms with E-state index in [0.717, 1.165) is 48.3 Å². The van der Waals surface area contributed by atoms with Gasteiger partial charge in [0.1, 0.15) is 5.75 Å². The molecule has 1 aliphatic heterocycles. The van der Waals surface area contributed by atoms with Crippen molar-refractivity contribution in [2.24, 2.45) is 11.3 Å². The lowest BCUT2D eigenvalue weighted by molar-refractivity contribution is -0.139. The molecule has 1 heterocycles. The minimum Gasteiger partial charge on any atom is -0.493 e. The molecule has 0 aromatic heterocycles. The highest BCUT2D eigenvalue weighted by Crippen LogP contribution is 2.52. The predicted octanol–water partition coefficient (Wildman–Crippen LogP) is 3.71. The molecule has 1 spiro atoms. The van der Waals surface area contributed by atoms with Gasteiger partial charge < -0.3 is 9.84 Å². The third-order valence-electron chi connectivity index (χ3n) is 5.41. The van der Waals surface area contributed by atoms with Crippen LogP contribution >= 0.6 is 15.9 Å². The first-order valence-electron chi connectivity index (χ1n) is 8.29. The molecule has 1 aromatic rings. The summed E-state index contributed by atoms with van der Waals surface area (Å²) in [4.78, 5) is 12.8. The number of halogens is 1. The van der Waals surface area contributed by atoms with E-state index in [1.54, 1.807) is 0 Å². The first-order chi connectivity index (χ1) is 11.0. The minimum atomic E-state index is -0.717. The second kappa shape index (κ2) is 6.81. The van der Waals surface area contributed by atoms with Gasteiger partial charge in [0, 0.05) is 10.0 Å². The smallest absolute Gasteiger partial charge is 0.317 e. The van der Waals surface area contributed by atoms with Crippen molar-refractivity contribution in [3.63, 3.8) is 0 Å². The molecule has 5 heteroatoms. The minimum absolute atomic E-state index is 0.185. The van der Waals surface area contributed by atoms with Gasteiger partial charge in [-0.3, -0.25) is 9.69 Å². The number of rotatable bonds is 5. The Morgan fingerprint density at radius 1 is 1.39 bits per heavy atom. The van der Waals surface area contributed by atoms with Gasteiger partial charge in [0.25, 0.3) is 0 Å². The number of carbonyl (C=O) groups is 1. The van der Waals surface area contributed by atoms with E-state index in [-0.39, 0.29) is 6.54 Å². The fraction of sp³-hybridized carbons (Fsp3) is 0.611. The zero-order valence-electron chi connectivity index (χ0n) is 13.6. The van der Waals surface area contributed by atoms with Crippen LogP contribution in [0.2, 0.25) is 0 Å². The molecule has 1 aromatic carbocycles. The largest absolute Gasteiger partial charge is 0.493 e. The molecule has 0 amide bonds. The topological polar surface area (TPSA) is 49.8 Å². The molecule has 1 N–H and O–H groups in total. The molecule has 1 saturated heterocycles. The number of piperidine rings is 1. The van der Waals surface area contributed by atoms with Crippen LogP contribution in [-0.4, -0.2) is 42.2 Å². The Labute approximate surface area is 145 Å². The normalized spacial score (nSPS) is 21.1. The van der Waals surface area contributed by atoms with Crippen molar-refractivity contribution in [1.29, 1.82) is 0 Å². The van der Waals surface area contributed by atoms with Gasteiger partial charge in [-0.15, -0.1) is 0 Å². The van der Waals surface area contributed by atoms with E-state index in [9.17, 15) is 4.79 Å². The van der Waals surface area contributed by atoms with Crippen molar-refractivity contribution >= 4 is 21.9 Å². The predicted molar refractivity (Wildman–Crippen MR) is 92.8 cm³/mol. The number of hydrogen-bond acceptors (Lipinski definition) is 3. The van der Waals surface area contributed by atoms with Gasteiger partial charge in [-0.2, -0.15) is 0 Å². The standard InChI is InChI=1S/C18H24BrNO3/c1-13-15(19)3-2-4-16(13)23-12-14-9-18(10-14)5-7-20(8-6-18)11-17(21)22/h2-4,14H,5-12H2,1H3,(H,21,22). The molecule has 0 atom stereocenters. The van der Waals surface area contributed by atoms with Crippen LogP contribution in [-0.2, 0) is 4.79 Å². The van der Waals surface area contributed by atoms with Crippen LogP contribution in [0.4, 0.5) is 0 Å². The molecule has 2 aliphatic rings. The lowest BCUT2D eigenvalue weighted by Gasteiger charge is -2.52. The van der Waals surface area contributed by atoms with E-state index in [1.165, 1.54) is 12.8 Å². The van der Waals surface area contributed by atoms with Crippen molar-refractivity contribution < 1.29 is 14.6 Å². The molecule has 2 fully saturated rings. The van der Waals surface area contributed by atoms with Crippen molar-refractivity contribution in [1.82, 2.24) is 4.90 Å². The highest BCUT2D eigenvalue weighted by molar-refractivity contribution is 9.10. The molecule has 1 saturated carbocycles. The van der Waals surface area contributed by atoms with Gasteiger partial charge >= 0.3 is 5.97 Å². The van der Waals surface area contributed by atoms with Crippen molar-refractivity contribution in [2.75, 3.05) is 26.2 Å². The summed E-state index contributed by atoms with van der Waals surface area (Å²) in [5.41, 5.74) is 1.61. The molecule has 0 bridgehead atoms. The lowest BCUT2D eigenvalue weighted by atomic mass is 9.58. The van der Waals surface area contributed by atoms with E-state index in [2.05, 4.69) is 27.8 Å². The average Bonchev–Trinajstić information content (AvgIpc) is 2.48. The maximum Gasteiger partial charge on any atom is 0.317 e. The Morgan fingerprint density at radius 3 is 2.74 bits per heavy atom. The summed E-state index contributed by atoms with van der Waals surface area (Å²) in [5.74, 6) is 0.890. The summed E-state index contributed by atoms with van der Waals surface area (Å²) in [7, 11) is 0. The van der Waals surface area contributed by atoms with E-state index < -0.39 is 5.97 Å². The van der Waals surface area contributed by atoms with Gasteiger partial charge in [0.15, 0.2) is 0 Å². The Balaban J connectivity index is 1.43. The summed E-state index contributed by atoms with van der Waals surface area (Å²) < 4.78 is 7.10. The van der Waals surface area contributed by atoms with Crippen molar-refractivity contribution in [2.45, 2.75) is 32.6 Å². The Kier molecular flexibility index (Phi) is 4.97. The van der Waals surface area contributed by atoms with Crippen molar-refractivity contribution in [3.8, 4) is 5.75 Å². The molecule has 4 nitrogen and oxygen atoms in total. The number of nitrogens with zero attached hydrogens (tertiary/aromatic N) is 1. The van der Waals surface area contributed by atoms with Crippen LogP contribution in [0.25, 0.3) is 0 Å². The number of likely N-dealkylation sites (tertiary alicyclic amines) is 1. The Morgan fingerprint density at radius 2 is 2.09 bits per heavy atom. The first-order valence-corrected chi connectivity index (χ1v) is 9.09. The maximum atomic E-state index is 10.8. The summed E-state index contributed by atoms with van der Waals surface area (Å²) in [6, 6.07) is 6.07. The highest BCUT2D eigenvalue weighted by atomic mass is 79.9. The second-order valence-corrected chi connectivity index (χ2v) is 7.97. The second-order valence-electron chi connectivity index (χ2n) is 7.12. The van der Waals surface area contributed by atoms with Gasteiger partial charge in [0.05, 0.1) is 13.2 Å². The number of carboxylic acid groups (broad SMARTS) is 1. The molecule has 1 aliphatic carbocycles. The number of ether oxygens (including phenoxy) is 1. The zero-order chi connectivity index (χ0) is 16.4. The Bertz CT molecular complexity index is 574. The van der Waals surface area contributed by atoms with Gasteiger partial charge in [0.2, 0.25) is 0 Å². The maximum absolute atomic E-state index is 10.8. The van der Waals surface area contributed by atoms with E-state index in [1.807, 2.05) is 18.2 Å². The monoisotopic (exact) mass is 381 g/mol. The summed E-state index contributed by atoms with van der Waals surface area (Å²) >= 11 is 3.54. The van der Waals surface area contributed by atoms with Crippen LogP contribution in [0.1, 0.15) is 31.2 Å². The fourth-order valence-corrected chi connectivity index (χ4v) is 4.37. The number of aliphatic carboxylic acids is 1. The van der Waals surface area contributed by atoms with Crippen molar-refractivity contribution in [3.05, 3.63) is 28.2 Å². The molecular weight excluding hydrogens is 358 g/mol. The molecular formula is C18H24BrNO3. The molecule has 0 radical (unpaired) electrons. The number of hydrogen-bond donors (Lipinski definition) is 1. The first kappa shape index (κ1) is 16.8. The quantitative estimate of drug-likeness (QED) is 0.844. The fourth-order valence-electron chi connectivity index (χ4n) is 4.02. The van der Waals surface area contributed by atoms with E-state index >= 15 is 0 Å². The van der Waals surface area contributed by atoms with Gasteiger partial charge in [-0.05, 0) is 69.2 Å². The number of carboxylic acids is 1.